The molecule has 0 radical (unpaired) electrons. The second-order valence-electron chi connectivity index (χ2n) is 6.45. The smallest absolute Gasteiger partial charge is 0.276 e. The third kappa shape index (κ3) is 6.13. The van der Waals surface area contributed by atoms with Crippen molar-refractivity contribution in [2.75, 3.05) is 11.9 Å². The fraction of sp³-hybridized carbons (Fsp3) is 0.316. The van der Waals surface area contributed by atoms with Gasteiger partial charge in [-0.2, -0.15) is 0 Å². The Morgan fingerprint density at radius 2 is 2.00 bits per heavy atom. The SMILES string of the molecule is Cc1cc(I)ccc1Nc1cc(F)c(Br)cc1C(=O)NOCC(O)C(C)C. The lowest BCUT2D eigenvalue weighted by Gasteiger charge is -2.17. The number of aliphatic hydroxyl groups excluding tert-OH is 1. The zero-order chi connectivity index (χ0) is 20.1. The van der Waals surface area contributed by atoms with Gasteiger partial charge in [0.1, 0.15) is 12.4 Å². The van der Waals surface area contributed by atoms with E-state index in [9.17, 15) is 14.3 Å². The average molecular weight is 551 g/mol. The van der Waals surface area contributed by atoms with Gasteiger partial charge in [-0.05, 0) is 87.3 Å². The lowest BCUT2D eigenvalue weighted by atomic mass is 10.1. The zero-order valence-electron chi connectivity index (χ0n) is 15.1. The van der Waals surface area contributed by atoms with Crippen molar-refractivity contribution in [3.63, 3.8) is 0 Å². The number of aryl methyl sites for hydroxylation is 1. The molecular weight excluding hydrogens is 530 g/mol. The van der Waals surface area contributed by atoms with Crippen molar-refractivity contribution in [3.05, 3.63) is 55.3 Å². The summed E-state index contributed by atoms with van der Waals surface area (Å²) in [5.41, 5.74) is 4.55. The van der Waals surface area contributed by atoms with E-state index < -0.39 is 17.8 Å². The van der Waals surface area contributed by atoms with Gasteiger partial charge in [-0.15, -0.1) is 0 Å². The molecule has 3 N–H and O–H groups in total. The fourth-order valence-electron chi connectivity index (χ4n) is 2.19. The summed E-state index contributed by atoms with van der Waals surface area (Å²) in [6, 6.07) is 8.40. The number of hydrogen-bond acceptors (Lipinski definition) is 4. The molecule has 0 saturated carbocycles. The number of benzene rings is 2. The highest BCUT2D eigenvalue weighted by molar-refractivity contribution is 14.1. The van der Waals surface area contributed by atoms with E-state index in [1.54, 1.807) is 0 Å². The van der Waals surface area contributed by atoms with E-state index in [-0.39, 0.29) is 22.6 Å². The number of anilines is 2. The van der Waals surface area contributed by atoms with E-state index in [0.717, 1.165) is 14.8 Å². The lowest BCUT2D eigenvalue weighted by Crippen LogP contribution is -2.31. The lowest BCUT2D eigenvalue weighted by molar-refractivity contribution is -0.0268. The van der Waals surface area contributed by atoms with Crippen LogP contribution >= 0.6 is 38.5 Å². The summed E-state index contributed by atoms with van der Waals surface area (Å²) in [5, 5.41) is 12.9. The molecule has 0 aliphatic rings. The maximum absolute atomic E-state index is 14.1. The predicted molar refractivity (Wildman–Crippen MR) is 116 cm³/mol. The maximum Gasteiger partial charge on any atom is 0.276 e. The highest BCUT2D eigenvalue weighted by Crippen LogP contribution is 2.29. The van der Waals surface area contributed by atoms with Crippen LogP contribution in [0, 0.1) is 22.2 Å². The third-order valence-electron chi connectivity index (χ3n) is 3.95. The molecule has 2 rings (SSSR count). The van der Waals surface area contributed by atoms with Gasteiger partial charge in [0.05, 0.1) is 21.8 Å². The van der Waals surface area contributed by atoms with E-state index in [0.29, 0.717) is 5.69 Å². The second-order valence-corrected chi connectivity index (χ2v) is 8.55. The molecule has 1 atom stereocenters. The number of nitrogens with one attached hydrogen (secondary N) is 2. The van der Waals surface area contributed by atoms with Crippen LogP contribution in [0.25, 0.3) is 0 Å². The molecule has 0 aliphatic heterocycles. The Hall–Kier alpha value is -1.23. The normalized spacial score (nSPS) is 12.1. The Labute approximate surface area is 179 Å². The highest BCUT2D eigenvalue weighted by atomic mass is 127. The number of hydrogen-bond donors (Lipinski definition) is 3. The Kier molecular flexibility index (Phi) is 8.02. The Balaban J connectivity index is 2.22. The first-order chi connectivity index (χ1) is 12.7. The number of hydroxylamine groups is 1. The molecule has 0 bridgehead atoms. The first-order valence-corrected chi connectivity index (χ1v) is 10.2. The van der Waals surface area contributed by atoms with E-state index >= 15 is 0 Å². The topological polar surface area (TPSA) is 70.6 Å². The zero-order valence-corrected chi connectivity index (χ0v) is 18.9. The van der Waals surface area contributed by atoms with Crippen molar-refractivity contribution < 1.29 is 19.1 Å². The minimum absolute atomic E-state index is 0.00273. The summed E-state index contributed by atoms with van der Waals surface area (Å²) in [6.07, 6.45) is -0.697. The molecule has 1 unspecified atom stereocenters. The van der Waals surface area contributed by atoms with Gasteiger partial charge in [-0.3, -0.25) is 9.63 Å². The minimum Gasteiger partial charge on any atom is -0.390 e. The van der Waals surface area contributed by atoms with E-state index in [1.807, 2.05) is 39.0 Å². The van der Waals surface area contributed by atoms with E-state index in [1.165, 1.54) is 12.1 Å². The van der Waals surface area contributed by atoms with Crippen LogP contribution in [0.1, 0.15) is 29.8 Å². The van der Waals surface area contributed by atoms with Crippen LogP contribution in [0.15, 0.2) is 34.8 Å². The standard InChI is InChI=1S/C19H21BrFIN2O3/c1-10(2)18(25)9-27-24-19(26)13-7-14(20)15(21)8-17(13)23-16-5-4-12(22)6-11(16)3/h4-8,10,18,23,25H,9H2,1-3H3,(H,24,26). The monoisotopic (exact) mass is 550 g/mol. The first kappa shape index (κ1) is 22.1. The third-order valence-corrected chi connectivity index (χ3v) is 5.23. The van der Waals surface area contributed by atoms with Crippen molar-refractivity contribution in [2.45, 2.75) is 26.9 Å². The largest absolute Gasteiger partial charge is 0.390 e. The molecule has 0 heterocycles. The molecular formula is C19H21BrFIN2O3. The van der Waals surface area contributed by atoms with Crippen molar-refractivity contribution in [2.24, 2.45) is 5.92 Å². The molecule has 0 spiro atoms. The molecule has 27 heavy (non-hydrogen) atoms. The van der Waals surface area contributed by atoms with Crippen molar-refractivity contribution >= 4 is 55.8 Å². The molecule has 0 saturated heterocycles. The molecule has 0 aliphatic carbocycles. The summed E-state index contributed by atoms with van der Waals surface area (Å²) in [6.45, 7) is 5.58. The van der Waals surface area contributed by atoms with Gasteiger partial charge in [0, 0.05) is 9.26 Å². The van der Waals surface area contributed by atoms with Crippen LogP contribution in [0.4, 0.5) is 15.8 Å². The number of amides is 1. The molecule has 5 nitrogen and oxygen atoms in total. The van der Waals surface area contributed by atoms with E-state index in [4.69, 9.17) is 4.84 Å². The number of halogens is 3. The first-order valence-electron chi connectivity index (χ1n) is 8.31. The van der Waals surface area contributed by atoms with Gasteiger partial charge >= 0.3 is 0 Å². The highest BCUT2D eigenvalue weighted by Gasteiger charge is 2.17. The van der Waals surface area contributed by atoms with Crippen LogP contribution in [-0.4, -0.2) is 23.7 Å². The fourth-order valence-corrected chi connectivity index (χ4v) is 3.18. The Morgan fingerprint density at radius 1 is 1.30 bits per heavy atom. The van der Waals surface area contributed by atoms with Crippen molar-refractivity contribution in [1.29, 1.82) is 0 Å². The maximum atomic E-state index is 14.1. The second kappa shape index (κ2) is 9.81. The van der Waals surface area contributed by atoms with E-state index in [2.05, 4.69) is 49.3 Å². The van der Waals surface area contributed by atoms with Crippen molar-refractivity contribution in [3.8, 4) is 0 Å². The molecule has 0 fully saturated rings. The molecule has 2 aromatic carbocycles. The molecule has 0 aromatic heterocycles. The predicted octanol–water partition coefficient (Wildman–Crippen LogP) is 4.92. The number of rotatable bonds is 7. The van der Waals surface area contributed by atoms with Crippen LogP contribution in [-0.2, 0) is 4.84 Å². The van der Waals surface area contributed by atoms with Gasteiger partial charge in [0.25, 0.3) is 5.91 Å². The van der Waals surface area contributed by atoms with Gasteiger partial charge in [-0.25, -0.2) is 9.87 Å². The Bertz CT molecular complexity index is 833. The van der Waals surface area contributed by atoms with Crippen LogP contribution in [0.5, 0.6) is 0 Å². The summed E-state index contributed by atoms with van der Waals surface area (Å²) >= 11 is 5.31. The average Bonchev–Trinajstić information content (AvgIpc) is 2.59. The summed E-state index contributed by atoms with van der Waals surface area (Å²) < 4.78 is 15.3. The quantitative estimate of drug-likeness (QED) is 0.338. The van der Waals surface area contributed by atoms with Crippen LogP contribution < -0.4 is 10.8 Å². The summed E-state index contributed by atoms with van der Waals surface area (Å²) in [7, 11) is 0. The van der Waals surface area contributed by atoms with Crippen molar-refractivity contribution in [1.82, 2.24) is 5.48 Å². The number of aliphatic hydroxyl groups is 1. The summed E-state index contributed by atoms with van der Waals surface area (Å²) in [5.74, 6) is -1.03. The van der Waals surface area contributed by atoms with Gasteiger partial charge < -0.3 is 10.4 Å². The van der Waals surface area contributed by atoms with Crippen LogP contribution in [0.3, 0.4) is 0 Å². The molecule has 1 amide bonds. The molecule has 2 aromatic rings. The number of carbonyl (C=O) groups is 1. The van der Waals surface area contributed by atoms with Gasteiger partial charge in [0.15, 0.2) is 0 Å². The number of carbonyl (C=O) groups excluding carboxylic acids is 1. The van der Waals surface area contributed by atoms with Crippen LogP contribution in [0.2, 0.25) is 0 Å². The van der Waals surface area contributed by atoms with Gasteiger partial charge in [-0.1, -0.05) is 13.8 Å². The minimum atomic E-state index is -0.697. The summed E-state index contributed by atoms with van der Waals surface area (Å²) in [4.78, 5) is 17.6. The Morgan fingerprint density at radius 3 is 2.63 bits per heavy atom. The molecule has 8 heteroatoms. The molecule has 146 valence electrons. The van der Waals surface area contributed by atoms with Gasteiger partial charge in [0.2, 0.25) is 0 Å².